The van der Waals surface area contributed by atoms with E-state index >= 15 is 0 Å². The van der Waals surface area contributed by atoms with Gasteiger partial charge in [0.05, 0.1) is 31.6 Å². The third kappa shape index (κ3) is 5.15. The van der Waals surface area contributed by atoms with Crippen LogP contribution >= 0.6 is 12.2 Å². The third-order valence-corrected chi connectivity index (χ3v) is 3.63. The van der Waals surface area contributed by atoms with Gasteiger partial charge in [-0.3, -0.25) is 14.9 Å². The molecule has 0 saturated carbocycles. The lowest BCUT2D eigenvalue weighted by Crippen LogP contribution is -2.35. The highest BCUT2D eigenvalue weighted by molar-refractivity contribution is 7.80. The molecule has 0 fully saturated rings. The van der Waals surface area contributed by atoms with E-state index in [0.29, 0.717) is 11.5 Å². The van der Waals surface area contributed by atoms with Crippen LogP contribution in [0.3, 0.4) is 0 Å². The minimum Gasteiger partial charge on any atom is -0.497 e. The average Bonchev–Trinajstić information content (AvgIpc) is 2.62. The predicted molar refractivity (Wildman–Crippen MR) is 101 cm³/mol. The monoisotopic (exact) mass is 375 g/mol. The molecule has 0 aliphatic carbocycles. The number of hydrogen-bond donors (Lipinski definition) is 2. The third-order valence-electron chi connectivity index (χ3n) is 3.43. The highest BCUT2D eigenvalue weighted by atomic mass is 32.1. The molecule has 0 radical (unpaired) electrons. The number of nitro groups is 1. The molecule has 0 aliphatic rings. The summed E-state index contributed by atoms with van der Waals surface area (Å²) in [6.07, 6.45) is 0.108. The second-order valence-corrected chi connectivity index (χ2v) is 5.58. The molecule has 0 atom stereocenters. The lowest BCUT2D eigenvalue weighted by atomic mass is 10.1. The molecule has 0 bridgehead atoms. The first-order chi connectivity index (χ1) is 12.4. The van der Waals surface area contributed by atoms with Crippen LogP contribution in [0.25, 0.3) is 0 Å². The Labute approximate surface area is 155 Å². The minimum atomic E-state index is -0.563. The Morgan fingerprint density at radius 3 is 2.31 bits per heavy atom. The van der Waals surface area contributed by atoms with Crippen LogP contribution in [-0.4, -0.2) is 30.2 Å². The summed E-state index contributed by atoms with van der Waals surface area (Å²) < 4.78 is 10.0. The van der Waals surface area contributed by atoms with E-state index in [4.69, 9.17) is 21.7 Å². The van der Waals surface area contributed by atoms with Crippen molar-refractivity contribution in [3.8, 4) is 11.5 Å². The summed E-state index contributed by atoms with van der Waals surface area (Å²) in [5.74, 6) is 0.693. The van der Waals surface area contributed by atoms with Gasteiger partial charge in [0.1, 0.15) is 17.2 Å². The van der Waals surface area contributed by atoms with Crippen LogP contribution in [0, 0.1) is 10.1 Å². The topological polar surface area (TPSA) is 103 Å². The van der Waals surface area contributed by atoms with Crippen LogP contribution in [0.2, 0.25) is 0 Å². The number of methoxy groups -OCH3 is 2. The van der Waals surface area contributed by atoms with E-state index in [0.717, 1.165) is 5.56 Å². The number of amides is 1. The minimum absolute atomic E-state index is 0.0308. The van der Waals surface area contributed by atoms with Gasteiger partial charge in [0.2, 0.25) is 5.91 Å². The average molecular weight is 375 g/mol. The number of thiocarbonyl (C=S) groups is 1. The summed E-state index contributed by atoms with van der Waals surface area (Å²) in [6, 6.07) is 11.3. The number of carbonyl (C=O) groups excluding carboxylic acids is 1. The Morgan fingerprint density at radius 1 is 1.12 bits per heavy atom. The van der Waals surface area contributed by atoms with Gasteiger partial charge in [0.15, 0.2) is 5.11 Å². The van der Waals surface area contributed by atoms with Crippen molar-refractivity contribution in [1.29, 1.82) is 0 Å². The zero-order chi connectivity index (χ0) is 19.1. The zero-order valence-electron chi connectivity index (χ0n) is 14.1. The fourth-order valence-corrected chi connectivity index (χ4v) is 2.37. The maximum atomic E-state index is 12.1. The van der Waals surface area contributed by atoms with Crippen molar-refractivity contribution < 1.29 is 19.2 Å². The van der Waals surface area contributed by atoms with Crippen LogP contribution in [0.5, 0.6) is 11.5 Å². The fraction of sp³-hybridized carbons (Fsp3) is 0.176. The van der Waals surface area contributed by atoms with E-state index in [1.165, 1.54) is 19.2 Å². The fourth-order valence-electron chi connectivity index (χ4n) is 2.15. The molecule has 2 aromatic rings. The Balaban J connectivity index is 1.99. The number of anilines is 1. The van der Waals surface area contributed by atoms with Gasteiger partial charge in [-0.05, 0) is 42.0 Å². The molecule has 0 unspecified atom stereocenters. The number of carbonyl (C=O) groups is 1. The molecule has 9 heteroatoms. The van der Waals surface area contributed by atoms with Crippen LogP contribution in [0.4, 0.5) is 11.4 Å². The zero-order valence-corrected chi connectivity index (χ0v) is 15.0. The normalized spacial score (nSPS) is 9.92. The molecule has 2 aromatic carbocycles. The van der Waals surface area contributed by atoms with Crippen molar-refractivity contribution in [2.75, 3.05) is 19.5 Å². The molecule has 0 aliphatic heterocycles. The number of nitro benzene ring substituents is 1. The van der Waals surface area contributed by atoms with E-state index in [9.17, 15) is 14.9 Å². The van der Waals surface area contributed by atoms with Crippen molar-refractivity contribution >= 4 is 34.6 Å². The Hall–Kier alpha value is -3.20. The maximum Gasteiger partial charge on any atom is 0.296 e. The molecule has 1 amide bonds. The van der Waals surface area contributed by atoms with E-state index < -0.39 is 4.92 Å². The van der Waals surface area contributed by atoms with Gasteiger partial charge in [-0.25, -0.2) is 0 Å². The summed E-state index contributed by atoms with van der Waals surface area (Å²) >= 11 is 5.06. The summed E-state index contributed by atoms with van der Waals surface area (Å²) in [5.41, 5.74) is 0.725. The van der Waals surface area contributed by atoms with Crippen LogP contribution in [0.15, 0.2) is 42.5 Å². The summed E-state index contributed by atoms with van der Waals surface area (Å²) in [6.45, 7) is 0. The number of benzene rings is 2. The van der Waals surface area contributed by atoms with Crippen molar-refractivity contribution in [2.24, 2.45) is 0 Å². The molecule has 8 nitrogen and oxygen atoms in total. The second kappa shape index (κ2) is 8.77. The summed E-state index contributed by atoms with van der Waals surface area (Å²) in [7, 11) is 2.97. The number of rotatable bonds is 6. The number of nitrogens with zero attached hydrogens (tertiary/aromatic N) is 1. The molecule has 2 rings (SSSR count). The lowest BCUT2D eigenvalue weighted by Gasteiger charge is -2.11. The molecule has 2 N–H and O–H groups in total. The SMILES string of the molecule is COc1ccc(CC(=O)NC(=S)Nc2ccc(OC)cc2[N+](=O)[O-])cc1. The first-order valence-electron chi connectivity index (χ1n) is 7.49. The summed E-state index contributed by atoms with van der Waals surface area (Å²) in [4.78, 5) is 22.7. The van der Waals surface area contributed by atoms with Crippen molar-refractivity contribution in [2.45, 2.75) is 6.42 Å². The van der Waals surface area contributed by atoms with Crippen LogP contribution < -0.4 is 20.1 Å². The highest BCUT2D eigenvalue weighted by Crippen LogP contribution is 2.28. The van der Waals surface area contributed by atoms with E-state index in [1.807, 2.05) is 0 Å². The number of nitrogens with one attached hydrogen (secondary N) is 2. The van der Waals surface area contributed by atoms with Gasteiger partial charge in [0, 0.05) is 0 Å². The Kier molecular flexibility index (Phi) is 6.45. The molecule has 0 aromatic heterocycles. The Bertz CT molecular complexity index is 824. The van der Waals surface area contributed by atoms with E-state index in [1.54, 1.807) is 37.4 Å². The molecular weight excluding hydrogens is 358 g/mol. The molecular formula is C17H17N3O5S. The van der Waals surface area contributed by atoms with E-state index in [2.05, 4.69) is 10.6 Å². The van der Waals surface area contributed by atoms with Gasteiger partial charge >= 0.3 is 0 Å². The molecule has 0 heterocycles. The molecule has 26 heavy (non-hydrogen) atoms. The molecule has 0 spiro atoms. The molecule has 0 saturated heterocycles. The van der Waals surface area contributed by atoms with E-state index in [-0.39, 0.29) is 28.8 Å². The van der Waals surface area contributed by atoms with Gasteiger partial charge in [-0.15, -0.1) is 0 Å². The molecule has 136 valence electrons. The first-order valence-corrected chi connectivity index (χ1v) is 7.90. The van der Waals surface area contributed by atoms with Crippen LogP contribution in [-0.2, 0) is 11.2 Å². The standard InChI is InChI=1S/C17H17N3O5S/c1-24-12-5-3-11(4-6-12)9-16(21)19-17(26)18-14-8-7-13(25-2)10-15(14)20(22)23/h3-8,10H,9H2,1-2H3,(H2,18,19,21,26). The van der Waals surface area contributed by atoms with Gasteiger partial charge in [-0.1, -0.05) is 12.1 Å². The second-order valence-electron chi connectivity index (χ2n) is 5.17. The van der Waals surface area contributed by atoms with Crippen molar-refractivity contribution in [3.05, 3.63) is 58.1 Å². The van der Waals surface area contributed by atoms with Gasteiger partial charge in [0.25, 0.3) is 5.69 Å². The lowest BCUT2D eigenvalue weighted by molar-refractivity contribution is -0.384. The van der Waals surface area contributed by atoms with Crippen LogP contribution in [0.1, 0.15) is 5.56 Å². The maximum absolute atomic E-state index is 12.1. The number of ether oxygens (including phenoxy) is 2. The summed E-state index contributed by atoms with van der Waals surface area (Å²) in [5, 5.41) is 16.3. The highest BCUT2D eigenvalue weighted by Gasteiger charge is 2.17. The van der Waals surface area contributed by atoms with Gasteiger partial charge in [-0.2, -0.15) is 0 Å². The quantitative estimate of drug-likeness (QED) is 0.454. The largest absolute Gasteiger partial charge is 0.497 e. The first kappa shape index (κ1) is 19.1. The Morgan fingerprint density at radius 2 is 1.73 bits per heavy atom. The number of hydrogen-bond acceptors (Lipinski definition) is 6. The predicted octanol–water partition coefficient (Wildman–Crippen LogP) is 2.67. The van der Waals surface area contributed by atoms with Crippen molar-refractivity contribution in [1.82, 2.24) is 5.32 Å². The van der Waals surface area contributed by atoms with Crippen molar-refractivity contribution in [3.63, 3.8) is 0 Å². The van der Waals surface area contributed by atoms with Gasteiger partial charge < -0.3 is 20.1 Å². The smallest absolute Gasteiger partial charge is 0.296 e.